The fraction of sp³-hybridized carbons (Fsp3) is 0.333. The zero-order valence-electron chi connectivity index (χ0n) is 7.95. The number of halogens is 3. The van der Waals surface area contributed by atoms with Crippen molar-refractivity contribution < 1.29 is 23.1 Å². The van der Waals surface area contributed by atoms with Crippen LogP contribution in [0.1, 0.15) is 5.56 Å². The Morgan fingerprint density at radius 2 is 2.13 bits per heavy atom. The summed E-state index contributed by atoms with van der Waals surface area (Å²) in [5.74, 6) is -0.944. The molecule has 0 bridgehead atoms. The van der Waals surface area contributed by atoms with Gasteiger partial charge in [0.2, 0.25) is 0 Å². The quantitative estimate of drug-likeness (QED) is 0.791. The van der Waals surface area contributed by atoms with Gasteiger partial charge in [-0.05, 0) is 6.07 Å². The molecule has 0 radical (unpaired) electrons. The first-order valence-corrected chi connectivity index (χ1v) is 4.12. The van der Waals surface area contributed by atoms with Crippen LogP contribution in [0.25, 0.3) is 0 Å². The number of hydroxylamine groups is 2. The first-order valence-electron chi connectivity index (χ1n) is 4.12. The predicted octanol–water partition coefficient (Wildman–Crippen LogP) is 2.25. The van der Waals surface area contributed by atoms with E-state index in [4.69, 9.17) is 5.21 Å². The molecule has 15 heavy (non-hydrogen) atoms. The van der Waals surface area contributed by atoms with Gasteiger partial charge in [0.15, 0.2) is 0 Å². The fourth-order valence-electron chi connectivity index (χ4n) is 1.08. The van der Waals surface area contributed by atoms with Crippen molar-refractivity contribution in [3.63, 3.8) is 0 Å². The normalized spacial score (nSPS) is 11.1. The topological polar surface area (TPSA) is 32.7 Å². The zero-order chi connectivity index (χ0) is 11.4. The van der Waals surface area contributed by atoms with Crippen LogP contribution in [0.15, 0.2) is 18.2 Å². The van der Waals surface area contributed by atoms with Gasteiger partial charge in [0, 0.05) is 18.7 Å². The molecule has 0 unspecified atom stereocenters. The van der Waals surface area contributed by atoms with Crippen LogP contribution in [0.5, 0.6) is 5.75 Å². The summed E-state index contributed by atoms with van der Waals surface area (Å²) in [6.07, 6.45) is 0. The molecule has 1 aromatic rings. The Hall–Kier alpha value is -1.27. The second-order valence-corrected chi connectivity index (χ2v) is 2.95. The van der Waals surface area contributed by atoms with Crippen molar-refractivity contribution in [2.75, 3.05) is 7.05 Å². The standard InChI is InChI=1S/C9H10F3NO2/c1-13(14)5-6-2-3-7(4-8(6)10)15-9(11)12/h2-4,9,14H,5H2,1H3. The molecule has 0 heterocycles. The van der Waals surface area contributed by atoms with Gasteiger partial charge in [-0.25, -0.2) is 4.39 Å². The summed E-state index contributed by atoms with van der Waals surface area (Å²) in [7, 11) is 1.35. The van der Waals surface area contributed by atoms with Crippen LogP contribution in [-0.4, -0.2) is 23.9 Å². The van der Waals surface area contributed by atoms with Crippen molar-refractivity contribution in [3.8, 4) is 5.75 Å². The third-order valence-electron chi connectivity index (χ3n) is 1.65. The second-order valence-electron chi connectivity index (χ2n) is 2.95. The number of benzene rings is 1. The van der Waals surface area contributed by atoms with Crippen molar-refractivity contribution in [1.82, 2.24) is 5.06 Å². The number of ether oxygens (including phenoxy) is 1. The first-order chi connectivity index (χ1) is 6.99. The minimum absolute atomic E-state index is 0.0270. The first kappa shape index (κ1) is 11.8. The van der Waals surface area contributed by atoms with Crippen molar-refractivity contribution in [3.05, 3.63) is 29.6 Å². The molecule has 1 rings (SSSR count). The summed E-state index contributed by atoms with van der Waals surface area (Å²) >= 11 is 0. The number of rotatable bonds is 4. The Morgan fingerprint density at radius 1 is 1.47 bits per heavy atom. The van der Waals surface area contributed by atoms with Crippen LogP contribution < -0.4 is 4.74 Å². The van der Waals surface area contributed by atoms with Crippen molar-refractivity contribution in [1.29, 1.82) is 0 Å². The molecule has 0 amide bonds. The third kappa shape index (κ3) is 3.77. The van der Waals surface area contributed by atoms with E-state index < -0.39 is 12.4 Å². The summed E-state index contributed by atoms with van der Waals surface area (Å²) < 4.78 is 40.7. The molecular weight excluding hydrogens is 211 g/mol. The maximum atomic E-state index is 13.2. The molecule has 0 atom stereocenters. The monoisotopic (exact) mass is 221 g/mol. The zero-order valence-corrected chi connectivity index (χ0v) is 7.95. The van der Waals surface area contributed by atoms with E-state index >= 15 is 0 Å². The smallest absolute Gasteiger partial charge is 0.387 e. The van der Waals surface area contributed by atoms with Gasteiger partial charge >= 0.3 is 6.61 Å². The molecule has 0 aliphatic heterocycles. The van der Waals surface area contributed by atoms with E-state index in [0.29, 0.717) is 0 Å². The maximum Gasteiger partial charge on any atom is 0.387 e. The average molecular weight is 221 g/mol. The van der Waals surface area contributed by atoms with Crippen molar-refractivity contribution >= 4 is 0 Å². The SMILES string of the molecule is CN(O)Cc1ccc(OC(F)F)cc1F. The molecule has 0 fully saturated rings. The molecule has 0 aliphatic rings. The van der Waals surface area contributed by atoms with Crippen LogP contribution in [0.4, 0.5) is 13.2 Å². The van der Waals surface area contributed by atoms with E-state index in [1.807, 2.05) is 0 Å². The highest BCUT2D eigenvalue weighted by atomic mass is 19.3. The summed E-state index contributed by atoms with van der Waals surface area (Å²) in [5.41, 5.74) is 0.196. The maximum absolute atomic E-state index is 13.2. The van der Waals surface area contributed by atoms with E-state index in [9.17, 15) is 13.2 Å². The Morgan fingerprint density at radius 3 is 2.60 bits per heavy atom. The van der Waals surface area contributed by atoms with Gasteiger partial charge < -0.3 is 9.94 Å². The number of hydrogen-bond acceptors (Lipinski definition) is 3. The second kappa shape index (κ2) is 4.99. The molecule has 3 nitrogen and oxygen atoms in total. The van der Waals surface area contributed by atoms with Crippen LogP contribution in [-0.2, 0) is 6.54 Å². The molecule has 0 spiro atoms. The molecule has 6 heteroatoms. The molecule has 1 N–H and O–H groups in total. The highest BCUT2D eigenvalue weighted by Gasteiger charge is 2.09. The largest absolute Gasteiger partial charge is 0.435 e. The number of nitrogens with zero attached hydrogens (tertiary/aromatic N) is 1. The van der Waals surface area contributed by atoms with E-state index in [1.165, 1.54) is 19.2 Å². The lowest BCUT2D eigenvalue weighted by Crippen LogP contribution is -2.13. The lowest BCUT2D eigenvalue weighted by Gasteiger charge is -2.10. The third-order valence-corrected chi connectivity index (χ3v) is 1.65. The fourth-order valence-corrected chi connectivity index (χ4v) is 1.08. The van der Waals surface area contributed by atoms with E-state index in [1.54, 1.807) is 0 Å². The Labute approximate surface area is 84.6 Å². The molecular formula is C9H10F3NO2. The predicted molar refractivity (Wildman–Crippen MR) is 46.3 cm³/mol. The van der Waals surface area contributed by atoms with Gasteiger partial charge in [-0.1, -0.05) is 6.07 Å². The van der Waals surface area contributed by atoms with E-state index in [-0.39, 0.29) is 17.9 Å². The van der Waals surface area contributed by atoms with Crippen molar-refractivity contribution in [2.45, 2.75) is 13.2 Å². The Bertz CT molecular complexity index is 331. The Kier molecular flexibility index (Phi) is 3.93. The summed E-state index contributed by atoms with van der Waals surface area (Å²) in [6, 6.07) is 3.35. The van der Waals surface area contributed by atoms with Crippen LogP contribution in [0, 0.1) is 5.82 Å². The minimum atomic E-state index is -2.98. The van der Waals surface area contributed by atoms with Gasteiger partial charge in [0.1, 0.15) is 11.6 Å². The lowest BCUT2D eigenvalue weighted by molar-refractivity contribution is -0.0740. The van der Waals surface area contributed by atoms with Crippen molar-refractivity contribution in [2.24, 2.45) is 0 Å². The highest BCUT2D eigenvalue weighted by Crippen LogP contribution is 2.19. The minimum Gasteiger partial charge on any atom is -0.435 e. The lowest BCUT2D eigenvalue weighted by atomic mass is 10.2. The molecule has 0 saturated carbocycles. The van der Waals surface area contributed by atoms with Gasteiger partial charge in [-0.3, -0.25) is 0 Å². The van der Waals surface area contributed by atoms with E-state index in [2.05, 4.69) is 4.74 Å². The molecule has 0 aliphatic carbocycles. The van der Waals surface area contributed by atoms with Gasteiger partial charge in [-0.2, -0.15) is 13.8 Å². The van der Waals surface area contributed by atoms with Crippen LogP contribution >= 0.6 is 0 Å². The number of hydrogen-bond donors (Lipinski definition) is 1. The van der Waals surface area contributed by atoms with Gasteiger partial charge in [0.25, 0.3) is 0 Å². The molecule has 84 valence electrons. The summed E-state index contributed by atoms with van der Waals surface area (Å²) in [4.78, 5) is 0. The highest BCUT2D eigenvalue weighted by molar-refractivity contribution is 5.28. The van der Waals surface area contributed by atoms with Crippen LogP contribution in [0.2, 0.25) is 0 Å². The van der Waals surface area contributed by atoms with E-state index in [0.717, 1.165) is 11.1 Å². The van der Waals surface area contributed by atoms with Gasteiger partial charge in [0.05, 0.1) is 6.54 Å². The summed E-state index contributed by atoms with van der Waals surface area (Å²) in [5, 5.41) is 9.64. The Balaban J connectivity index is 2.78. The molecule has 1 aromatic carbocycles. The van der Waals surface area contributed by atoms with Gasteiger partial charge in [-0.15, -0.1) is 0 Å². The average Bonchev–Trinajstić information content (AvgIpc) is 2.08. The molecule has 0 aromatic heterocycles. The molecule has 0 saturated heterocycles. The number of alkyl halides is 2. The summed E-state index contributed by atoms with van der Waals surface area (Å²) in [6.45, 7) is -3.00. The van der Waals surface area contributed by atoms with Crippen LogP contribution in [0.3, 0.4) is 0 Å².